The van der Waals surface area contributed by atoms with Gasteiger partial charge in [0, 0.05) is 4.47 Å². The van der Waals surface area contributed by atoms with Crippen LogP contribution in [-0.4, -0.2) is 23.5 Å². The van der Waals surface area contributed by atoms with Crippen molar-refractivity contribution in [2.75, 3.05) is 0 Å². The summed E-state index contributed by atoms with van der Waals surface area (Å²) in [6.07, 6.45) is 0.237. The molecule has 1 N–H and O–H groups in total. The van der Waals surface area contributed by atoms with Gasteiger partial charge in [0.1, 0.15) is 11.6 Å². The van der Waals surface area contributed by atoms with E-state index in [-0.39, 0.29) is 12.3 Å². The van der Waals surface area contributed by atoms with E-state index >= 15 is 0 Å². The number of carbonyl (C=O) groups excluding carboxylic acids is 2. The summed E-state index contributed by atoms with van der Waals surface area (Å²) in [6, 6.07) is 6.82. The van der Waals surface area contributed by atoms with Crippen molar-refractivity contribution < 1.29 is 14.3 Å². The average molecular weight is 342 g/mol. The van der Waals surface area contributed by atoms with Crippen molar-refractivity contribution >= 4 is 27.8 Å². The smallest absolute Gasteiger partial charge is 0.328 e. The summed E-state index contributed by atoms with van der Waals surface area (Å²) >= 11 is 3.34. The Bertz CT molecular complexity index is 477. The van der Waals surface area contributed by atoms with Gasteiger partial charge in [-0.3, -0.25) is 4.79 Å². The van der Waals surface area contributed by atoms with Crippen LogP contribution >= 0.6 is 15.9 Å². The number of hydrogen-bond acceptors (Lipinski definition) is 3. The maximum absolute atomic E-state index is 11.8. The standard InChI is InChI=1S/C15H20BrNO3/c1-10(14(19)20-15(2,3)4)17-13(18)9-11-5-7-12(16)8-6-11/h5-8,10H,9H2,1-4H3,(H,17,18)/t10-/m1/s1. The van der Waals surface area contributed by atoms with Gasteiger partial charge in [-0.15, -0.1) is 0 Å². The van der Waals surface area contributed by atoms with Crippen molar-refractivity contribution in [3.05, 3.63) is 34.3 Å². The van der Waals surface area contributed by atoms with Gasteiger partial charge < -0.3 is 10.1 Å². The van der Waals surface area contributed by atoms with Gasteiger partial charge in [-0.2, -0.15) is 0 Å². The molecule has 20 heavy (non-hydrogen) atoms. The van der Waals surface area contributed by atoms with E-state index in [4.69, 9.17) is 4.74 Å². The van der Waals surface area contributed by atoms with Gasteiger partial charge in [-0.05, 0) is 45.4 Å². The second-order valence-electron chi connectivity index (χ2n) is 5.63. The van der Waals surface area contributed by atoms with E-state index in [1.165, 1.54) is 0 Å². The first-order valence-corrected chi connectivity index (χ1v) is 7.23. The zero-order valence-corrected chi connectivity index (χ0v) is 13.8. The molecule has 0 aromatic heterocycles. The van der Waals surface area contributed by atoms with Gasteiger partial charge >= 0.3 is 5.97 Å². The first-order valence-electron chi connectivity index (χ1n) is 6.44. The minimum Gasteiger partial charge on any atom is -0.458 e. The third-order valence-corrected chi connectivity index (χ3v) is 2.94. The Kier molecular flexibility index (Phi) is 5.74. The number of halogens is 1. The molecule has 1 rings (SSSR count). The van der Waals surface area contributed by atoms with E-state index < -0.39 is 17.6 Å². The number of amides is 1. The minimum atomic E-state index is -0.655. The van der Waals surface area contributed by atoms with E-state index in [1.807, 2.05) is 24.3 Å². The normalized spacial score (nSPS) is 12.7. The monoisotopic (exact) mass is 341 g/mol. The zero-order chi connectivity index (χ0) is 15.3. The molecule has 5 heteroatoms. The fourth-order valence-corrected chi connectivity index (χ4v) is 1.79. The molecule has 0 saturated carbocycles. The van der Waals surface area contributed by atoms with Gasteiger partial charge in [0.15, 0.2) is 0 Å². The lowest BCUT2D eigenvalue weighted by atomic mass is 10.1. The molecule has 110 valence electrons. The quantitative estimate of drug-likeness (QED) is 0.856. The third kappa shape index (κ3) is 6.19. The molecule has 4 nitrogen and oxygen atoms in total. The molecule has 1 aromatic rings. The molecule has 0 unspecified atom stereocenters. The van der Waals surface area contributed by atoms with Crippen molar-refractivity contribution in [2.45, 2.75) is 45.8 Å². The minimum absolute atomic E-state index is 0.203. The van der Waals surface area contributed by atoms with Crippen LogP contribution in [0.2, 0.25) is 0 Å². The molecule has 1 aromatic carbocycles. The number of carbonyl (C=O) groups is 2. The van der Waals surface area contributed by atoms with Crippen LogP contribution in [0, 0.1) is 0 Å². The summed E-state index contributed by atoms with van der Waals surface area (Å²) in [6.45, 7) is 7.00. The van der Waals surface area contributed by atoms with Crippen molar-refractivity contribution in [2.24, 2.45) is 0 Å². The molecule has 0 aliphatic heterocycles. The van der Waals surface area contributed by atoms with Gasteiger partial charge in [0.25, 0.3) is 0 Å². The Balaban J connectivity index is 2.49. The first-order chi connectivity index (χ1) is 9.17. The lowest BCUT2D eigenvalue weighted by molar-refractivity contribution is -0.158. The lowest BCUT2D eigenvalue weighted by Crippen LogP contribution is -2.42. The summed E-state index contributed by atoms with van der Waals surface area (Å²) in [5, 5.41) is 2.64. The van der Waals surface area contributed by atoms with Gasteiger partial charge in [-0.25, -0.2) is 4.79 Å². The number of esters is 1. The van der Waals surface area contributed by atoms with Crippen molar-refractivity contribution in [1.82, 2.24) is 5.32 Å². The highest BCUT2D eigenvalue weighted by molar-refractivity contribution is 9.10. The highest BCUT2D eigenvalue weighted by Crippen LogP contribution is 2.11. The van der Waals surface area contributed by atoms with E-state index in [1.54, 1.807) is 27.7 Å². The highest BCUT2D eigenvalue weighted by Gasteiger charge is 2.22. The predicted molar refractivity (Wildman–Crippen MR) is 81.3 cm³/mol. The van der Waals surface area contributed by atoms with Crippen molar-refractivity contribution in [3.63, 3.8) is 0 Å². The van der Waals surface area contributed by atoms with Crippen LogP contribution < -0.4 is 5.32 Å². The van der Waals surface area contributed by atoms with Crippen LogP contribution in [0.5, 0.6) is 0 Å². The number of nitrogens with one attached hydrogen (secondary N) is 1. The Labute approximate surface area is 128 Å². The number of benzene rings is 1. The Morgan fingerprint density at radius 1 is 1.25 bits per heavy atom. The number of rotatable bonds is 4. The Morgan fingerprint density at radius 3 is 2.30 bits per heavy atom. The molecule has 0 spiro atoms. The summed E-state index contributed by atoms with van der Waals surface area (Å²) in [7, 11) is 0. The summed E-state index contributed by atoms with van der Waals surface area (Å²) < 4.78 is 6.17. The maximum Gasteiger partial charge on any atom is 0.328 e. The Hall–Kier alpha value is -1.36. The van der Waals surface area contributed by atoms with Gasteiger partial charge in [-0.1, -0.05) is 28.1 Å². The van der Waals surface area contributed by atoms with Gasteiger partial charge in [0.2, 0.25) is 5.91 Å². The summed E-state index contributed by atoms with van der Waals surface area (Å²) in [5.41, 5.74) is 0.337. The topological polar surface area (TPSA) is 55.4 Å². The molecule has 0 aliphatic carbocycles. The van der Waals surface area contributed by atoms with Crippen LogP contribution in [0.15, 0.2) is 28.7 Å². The fourth-order valence-electron chi connectivity index (χ4n) is 1.53. The van der Waals surface area contributed by atoms with Crippen LogP contribution in [0.4, 0.5) is 0 Å². The number of hydrogen-bond donors (Lipinski definition) is 1. The molecular formula is C15H20BrNO3. The second kappa shape index (κ2) is 6.88. The van der Waals surface area contributed by atoms with E-state index in [0.29, 0.717) is 0 Å². The Morgan fingerprint density at radius 2 is 1.80 bits per heavy atom. The molecule has 0 aliphatic rings. The van der Waals surface area contributed by atoms with Crippen LogP contribution in [-0.2, 0) is 20.7 Å². The molecule has 0 saturated heterocycles. The van der Waals surface area contributed by atoms with E-state index in [2.05, 4.69) is 21.2 Å². The first kappa shape index (κ1) is 16.7. The lowest BCUT2D eigenvalue weighted by Gasteiger charge is -2.22. The summed E-state index contributed by atoms with van der Waals surface area (Å²) in [5.74, 6) is -0.632. The van der Waals surface area contributed by atoms with Crippen LogP contribution in [0.25, 0.3) is 0 Å². The molecule has 0 radical (unpaired) electrons. The zero-order valence-electron chi connectivity index (χ0n) is 12.2. The predicted octanol–water partition coefficient (Wildman–Crippen LogP) is 2.84. The van der Waals surface area contributed by atoms with Crippen LogP contribution in [0.1, 0.15) is 33.3 Å². The molecular weight excluding hydrogens is 322 g/mol. The molecule has 0 fully saturated rings. The van der Waals surface area contributed by atoms with Gasteiger partial charge in [0.05, 0.1) is 6.42 Å². The van der Waals surface area contributed by atoms with E-state index in [9.17, 15) is 9.59 Å². The van der Waals surface area contributed by atoms with Crippen molar-refractivity contribution in [1.29, 1.82) is 0 Å². The third-order valence-electron chi connectivity index (χ3n) is 2.42. The number of ether oxygens (including phenoxy) is 1. The molecule has 1 atom stereocenters. The van der Waals surface area contributed by atoms with Crippen molar-refractivity contribution in [3.8, 4) is 0 Å². The SMILES string of the molecule is C[C@@H](NC(=O)Cc1ccc(Br)cc1)C(=O)OC(C)(C)C. The average Bonchev–Trinajstić information content (AvgIpc) is 2.29. The highest BCUT2D eigenvalue weighted by atomic mass is 79.9. The maximum atomic E-state index is 11.8. The molecule has 0 bridgehead atoms. The van der Waals surface area contributed by atoms with Crippen LogP contribution in [0.3, 0.4) is 0 Å². The molecule has 1 amide bonds. The molecule has 0 heterocycles. The largest absolute Gasteiger partial charge is 0.458 e. The summed E-state index contributed by atoms with van der Waals surface area (Å²) in [4.78, 5) is 23.6. The second-order valence-corrected chi connectivity index (χ2v) is 6.54. The van der Waals surface area contributed by atoms with E-state index in [0.717, 1.165) is 10.0 Å². The fraction of sp³-hybridized carbons (Fsp3) is 0.467.